The van der Waals surface area contributed by atoms with Crippen molar-refractivity contribution in [2.75, 3.05) is 0 Å². The fourth-order valence-electron chi connectivity index (χ4n) is 1.25. The topological polar surface area (TPSA) is 99.1 Å². The molecule has 1 atom stereocenters. The summed E-state index contributed by atoms with van der Waals surface area (Å²) >= 11 is 0. The zero-order valence-electron chi connectivity index (χ0n) is 9.25. The zero-order valence-corrected chi connectivity index (χ0v) is 9.25. The number of aliphatic hydroxyl groups excluding tert-OH is 1. The number of rotatable bonds is 3. The van der Waals surface area contributed by atoms with Gasteiger partial charge in [0, 0.05) is 6.04 Å². The van der Waals surface area contributed by atoms with Gasteiger partial charge in [-0.25, -0.2) is 0 Å². The molecule has 0 saturated heterocycles. The fraction of sp³-hybridized carbons (Fsp3) is 0.364. The lowest BCUT2D eigenvalue weighted by molar-refractivity contribution is 0.244. The molecule has 0 amide bonds. The van der Waals surface area contributed by atoms with Crippen LogP contribution in [0.15, 0.2) is 23.2 Å². The van der Waals surface area contributed by atoms with Crippen molar-refractivity contribution in [2.24, 2.45) is 10.7 Å². The van der Waals surface area contributed by atoms with E-state index in [2.05, 4.69) is 4.99 Å². The molecule has 5 N–H and O–H groups in total. The third-order valence-corrected chi connectivity index (χ3v) is 2.00. The zero-order chi connectivity index (χ0) is 12.3. The molecular formula is C11H16N2O3. The third-order valence-electron chi connectivity index (χ3n) is 2.00. The molecule has 5 nitrogen and oxygen atoms in total. The van der Waals surface area contributed by atoms with Crippen LogP contribution in [0.2, 0.25) is 0 Å². The van der Waals surface area contributed by atoms with E-state index in [0.717, 1.165) is 0 Å². The smallest absolute Gasteiger partial charge is 0.157 e. The van der Waals surface area contributed by atoms with Crippen LogP contribution in [-0.2, 0) is 0 Å². The lowest BCUT2D eigenvalue weighted by Gasteiger charge is -2.12. The molecule has 0 aliphatic heterocycles. The number of phenolic OH excluding ortho intramolecular Hbond substituents is 2. The van der Waals surface area contributed by atoms with Gasteiger partial charge in [-0.15, -0.1) is 0 Å². The van der Waals surface area contributed by atoms with E-state index < -0.39 is 6.10 Å². The average Bonchev–Trinajstić information content (AvgIpc) is 2.20. The van der Waals surface area contributed by atoms with Crippen LogP contribution in [0.25, 0.3) is 0 Å². The van der Waals surface area contributed by atoms with Gasteiger partial charge in [-0.05, 0) is 31.5 Å². The van der Waals surface area contributed by atoms with Gasteiger partial charge in [-0.1, -0.05) is 6.07 Å². The second-order valence-corrected chi connectivity index (χ2v) is 3.80. The summed E-state index contributed by atoms with van der Waals surface area (Å²) in [4.78, 5) is 4.01. The summed E-state index contributed by atoms with van der Waals surface area (Å²) in [5.41, 5.74) is 5.98. The van der Waals surface area contributed by atoms with E-state index in [4.69, 9.17) is 10.8 Å². The van der Waals surface area contributed by atoms with Crippen molar-refractivity contribution in [1.29, 1.82) is 0 Å². The highest BCUT2D eigenvalue weighted by Gasteiger charge is 2.14. The highest BCUT2D eigenvalue weighted by molar-refractivity contribution is 5.86. The number of hydrogen-bond donors (Lipinski definition) is 4. The Hall–Kier alpha value is -1.75. The predicted molar refractivity (Wildman–Crippen MR) is 61.5 cm³/mol. The van der Waals surface area contributed by atoms with E-state index >= 15 is 0 Å². The van der Waals surface area contributed by atoms with Crippen molar-refractivity contribution < 1.29 is 15.3 Å². The monoisotopic (exact) mass is 224 g/mol. The second-order valence-electron chi connectivity index (χ2n) is 3.80. The molecule has 88 valence electrons. The Morgan fingerprint density at radius 2 is 1.88 bits per heavy atom. The van der Waals surface area contributed by atoms with Crippen molar-refractivity contribution in [3.05, 3.63) is 23.8 Å². The molecule has 1 aromatic carbocycles. The first-order valence-corrected chi connectivity index (χ1v) is 4.95. The van der Waals surface area contributed by atoms with E-state index in [0.29, 0.717) is 5.56 Å². The molecular weight excluding hydrogens is 208 g/mol. The Balaban J connectivity index is 2.96. The van der Waals surface area contributed by atoms with Gasteiger partial charge in [-0.2, -0.15) is 0 Å². The fourth-order valence-corrected chi connectivity index (χ4v) is 1.25. The minimum absolute atomic E-state index is 0.0136. The maximum atomic E-state index is 9.80. The normalized spacial score (nSPS) is 14.1. The number of aliphatic hydroxyl groups is 1. The van der Waals surface area contributed by atoms with Gasteiger partial charge in [0.05, 0.1) is 0 Å². The quantitative estimate of drug-likeness (QED) is 0.348. The van der Waals surface area contributed by atoms with E-state index in [1.165, 1.54) is 18.2 Å². The number of benzene rings is 1. The molecule has 5 heteroatoms. The molecule has 0 aromatic heterocycles. The van der Waals surface area contributed by atoms with Crippen molar-refractivity contribution in [1.82, 2.24) is 0 Å². The highest BCUT2D eigenvalue weighted by atomic mass is 16.3. The highest BCUT2D eigenvalue weighted by Crippen LogP contribution is 2.27. The van der Waals surface area contributed by atoms with Gasteiger partial charge >= 0.3 is 0 Å². The lowest BCUT2D eigenvalue weighted by atomic mass is 10.1. The average molecular weight is 224 g/mol. The number of nitrogens with two attached hydrogens (primary N) is 1. The number of phenols is 2. The Morgan fingerprint density at radius 3 is 2.38 bits per heavy atom. The number of hydrogen-bond acceptors (Lipinski definition) is 4. The third kappa shape index (κ3) is 2.87. The van der Waals surface area contributed by atoms with Crippen molar-refractivity contribution in [2.45, 2.75) is 26.0 Å². The van der Waals surface area contributed by atoms with Crippen LogP contribution in [0.4, 0.5) is 0 Å². The van der Waals surface area contributed by atoms with Gasteiger partial charge < -0.3 is 21.1 Å². The summed E-state index contributed by atoms with van der Waals surface area (Å²) < 4.78 is 0. The van der Waals surface area contributed by atoms with E-state index in [1.54, 1.807) is 0 Å². The van der Waals surface area contributed by atoms with Gasteiger partial charge in [0.25, 0.3) is 0 Å². The van der Waals surface area contributed by atoms with Crippen LogP contribution in [0.1, 0.15) is 25.5 Å². The maximum Gasteiger partial charge on any atom is 0.157 e. The summed E-state index contributed by atoms with van der Waals surface area (Å²) in [5.74, 6) is -0.454. The molecule has 1 rings (SSSR count). The predicted octanol–water partition coefficient (Wildman–Crippen LogP) is 0.897. The van der Waals surface area contributed by atoms with Crippen molar-refractivity contribution in [3.8, 4) is 11.5 Å². The summed E-state index contributed by atoms with van der Waals surface area (Å²) in [6, 6.07) is 4.00. The molecule has 0 aliphatic rings. The number of aliphatic imine (C=N–C) groups is 1. The van der Waals surface area contributed by atoms with E-state index in [9.17, 15) is 10.2 Å². The van der Waals surface area contributed by atoms with Gasteiger partial charge in [0.1, 0.15) is 11.9 Å². The Morgan fingerprint density at radius 1 is 1.25 bits per heavy atom. The van der Waals surface area contributed by atoms with E-state index in [1.807, 2.05) is 13.8 Å². The largest absolute Gasteiger partial charge is 0.504 e. The van der Waals surface area contributed by atoms with Crippen LogP contribution < -0.4 is 5.73 Å². The van der Waals surface area contributed by atoms with Crippen LogP contribution in [-0.4, -0.2) is 27.2 Å². The Kier molecular flexibility index (Phi) is 3.73. The lowest BCUT2D eigenvalue weighted by Crippen LogP contribution is -2.23. The molecule has 0 spiro atoms. The van der Waals surface area contributed by atoms with Crippen LogP contribution >= 0.6 is 0 Å². The number of aromatic hydroxyl groups is 2. The first-order valence-electron chi connectivity index (χ1n) is 4.95. The van der Waals surface area contributed by atoms with Crippen LogP contribution in [0.5, 0.6) is 11.5 Å². The molecule has 0 fully saturated rings. The maximum absolute atomic E-state index is 9.80. The molecule has 0 heterocycles. The first-order chi connectivity index (χ1) is 7.41. The Bertz CT molecular complexity index is 402. The van der Waals surface area contributed by atoms with Gasteiger partial charge in [0.15, 0.2) is 11.5 Å². The number of amidine groups is 1. The van der Waals surface area contributed by atoms with Crippen LogP contribution in [0.3, 0.4) is 0 Å². The molecule has 0 aliphatic carbocycles. The number of nitrogens with zero attached hydrogens (tertiary/aromatic N) is 1. The van der Waals surface area contributed by atoms with Crippen molar-refractivity contribution >= 4 is 5.84 Å². The summed E-state index contributed by atoms with van der Waals surface area (Å²) in [7, 11) is 0. The molecule has 0 radical (unpaired) electrons. The van der Waals surface area contributed by atoms with Crippen LogP contribution in [0, 0.1) is 0 Å². The Labute approximate surface area is 93.9 Å². The standard InChI is InChI=1S/C11H16N2O3/c1-6(2)13-11(12)10(16)7-3-4-8(14)9(15)5-7/h3-6,10,14-16H,1-2H3,(H2,12,13). The molecule has 1 aromatic rings. The molecule has 0 bridgehead atoms. The minimum atomic E-state index is -1.08. The van der Waals surface area contributed by atoms with E-state index in [-0.39, 0.29) is 23.4 Å². The summed E-state index contributed by atoms with van der Waals surface area (Å²) in [6.45, 7) is 3.68. The van der Waals surface area contributed by atoms with Gasteiger partial charge in [-0.3, -0.25) is 4.99 Å². The molecule has 16 heavy (non-hydrogen) atoms. The summed E-state index contributed by atoms with van der Waals surface area (Å²) in [5, 5.41) is 28.2. The molecule has 0 saturated carbocycles. The first kappa shape index (κ1) is 12.3. The van der Waals surface area contributed by atoms with Crippen molar-refractivity contribution in [3.63, 3.8) is 0 Å². The SMILES string of the molecule is CC(C)N=C(N)C(O)c1ccc(O)c(O)c1. The minimum Gasteiger partial charge on any atom is -0.504 e. The van der Waals surface area contributed by atoms with Gasteiger partial charge in [0.2, 0.25) is 0 Å². The second kappa shape index (κ2) is 4.85. The molecule has 1 unspecified atom stereocenters. The summed E-state index contributed by atoms with van der Waals surface area (Å²) in [6.07, 6.45) is -1.08.